The largest absolute Gasteiger partial charge is 0.330 e. The highest BCUT2D eigenvalue weighted by molar-refractivity contribution is 5.37. The van der Waals surface area contributed by atoms with E-state index in [0.717, 1.165) is 0 Å². The number of nitriles is 1. The minimum Gasteiger partial charge on any atom is -0.330 e. The van der Waals surface area contributed by atoms with Crippen LogP contribution < -0.4 is 5.73 Å². The Hall–Kier alpha value is -1.84. The van der Waals surface area contributed by atoms with Gasteiger partial charge in [-0.1, -0.05) is 17.9 Å². The Morgan fingerprint density at radius 3 is 2.80 bits per heavy atom. The quantitative estimate of drug-likeness (QED) is 0.740. The van der Waals surface area contributed by atoms with Gasteiger partial charge < -0.3 is 5.73 Å². The van der Waals surface area contributed by atoms with Crippen molar-refractivity contribution in [3.05, 3.63) is 35.1 Å². The summed E-state index contributed by atoms with van der Waals surface area (Å²) in [6.07, 6.45) is 0.684. The van der Waals surface area contributed by atoms with Crippen LogP contribution in [-0.4, -0.2) is 6.54 Å². The molecule has 1 aromatic carbocycles. The van der Waals surface area contributed by atoms with Crippen LogP contribution in [0.4, 0.5) is 4.39 Å². The van der Waals surface area contributed by atoms with E-state index in [1.54, 1.807) is 12.1 Å². The van der Waals surface area contributed by atoms with Crippen LogP contribution in [-0.2, 0) is 6.42 Å². The third-order valence-corrected chi connectivity index (χ3v) is 1.82. The van der Waals surface area contributed by atoms with Gasteiger partial charge in [0.25, 0.3) is 0 Å². The van der Waals surface area contributed by atoms with Gasteiger partial charge >= 0.3 is 0 Å². The summed E-state index contributed by atoms with van der Waals surface area (Å²) in [5, 5.41) is 8.43. The van der Waals surface area contributed by atoms with Gasteiger partial charge in [0.15, 0.2) is 0 Å². The third kappa shape index (κ3) is 3.42. The highest BCUT2D eigenvalue weighted by Gasteiger charge is 2.01. The van der Waals surface area contributed by atoms with Gasteiger partial charge in [-0.15, -0.1) is 0 Å². The van der Waals surface area contributed by atoms with Crippen molar-refractivity contribution in [2.24, 2.45) is 5.73 Å². The highest BCUT2D eigenvalue weighted by atomic mass is 19.1. The first-order valence-corrected chi connectivity index (χ1v) is 4.62. The molecular weight excluding hydrogens is 191 g/mol. The average Bonchev–Trinajstić information content (AvgIpc) is 2.23. The van der Waals surface area contributed by atoms with Gasteiger partial charge in [-0.25, -0.2) is 4.39 Å². The molecule has 15 heavy (non-hydrogen) atoms. The van der Waals surface area contributed by atoms with Gasteiger partial charge in [0, 0.05) is 24.1 Å². The predicted molar refractivity (Wildman–Crippen MR) is 56.3 cm³/mol. The molecule has 0 bridgehead atoms. The summed E-state index contributed by atoms with van der Waals surface area (Å²) in [6.45, 7) is 0.502. The topological polar surface area (TPSA) is 49.8 Å². The van der Waals surface area contributed by atoms with E-state index in [2.05, 4.69) is 11.8 Å². The molecule has 2 N–H and O–H groups in total. The van der Waals surface area contributed by atoms with Crippen molar-refractivity contribution >= 4 is 0 Å². The van der Waals surface area contributed by atoms with Crippen LogP contribution in [0.2, 0.25) is 0 Å². The van der Waals surface area contributed by atoms with E-state index in [-0.39, 0.29) is 12.2 Å². The van der Waals surface area contributed by atoms with E-state index in [0.29, 0.717) is 24.1 Å². The van der Waals surface area contributed by atoms with Crippen LogP contribution >= 0.6 is 0 Å². The molecule has 0 aromatic heterocycles. The molecule has 2 nitrogen and oxygen atoms in total. The first-order chi connectivity index (χ1) is 7.27. The lowest BCUT2D eigenvalue weighted by Crippen LogP contribution is -1.95. The van der Waals surface area contributed by atoms with Crippen molar-refractivity contribution in [1.29, 1.82) is 5.26 Å². The Bertz CT molecular complexity index is 435. The van der Waals surface area contributed by atoms with E-state index >= 15 is 0 Å². The van der Waals surface area contributed by atoms with Gasteiger partial charge in [0.05, 0.1) is 12.5 Å². The lowest BCUT2D eigenvalue weighted by atomic mass is 10.1. The summed E-state index contributed by atoms with van der Waals surface area (Å²) in [7, 11) is 0. The van der Waals surface area contributed by atoms with Crippen LogP contribution in [0, 0.1) is 29.0 Å². The molecule has 0 aliphatic carbocycles. The molecule has 0 aliphatic heterocycles. The van der Waals surface area contributed by atoms with Gasteiger partial charge in [-0.2, -0.15) is 5.26 Å². The second-order valence-electron chi connectivity index (χ2n) is 2.98. The predicted octanol–water partition coefficient (Wildman–Crippen LogP) is 1.59. The Morgan fingerprint density at radius 2 is 2.20 bits per heavy atom. The number of nitrogens with zero attached hydrogens (tertiary/aromatic N) is 1. The summed E-state index contributed by atoms with van der Waals surface area (Å²) in [5.74, 6) is 5.25. The molecule has 3 heteroatoms. The normalized spacial score (nSPS) is 8.87. The first kappa shape index (κ1) is 11.2. The van der Waals surface area contributed by atoms with Crippen LogP contribution in [0.5, 0.6) is 0 Å². The summed E-state index contributed by atoms with van der Waals surface area (Å²) >= 11 is 0. The number of hydrogen-bond acceptors (Lipinski definition) is 2. The number of benzene rings is 1. The average molecular weight is 202 g/mol. The number of nitrogens with two attached hydrogens (primary N) is 1. The summed E-state index contributed by atoms with van der Waals surface area (Å²) < 4.78 is 13.3. The zero-order valence-corrected chi connectivity index (χ0v) is 8.26. The van der Waals surface area contributed by atoms with Gasteiger partial charge in [0.2, 0.25) is 0 Å². The molecule has 0 saturated heterocycles. The SMILES string of the molecule is N#CCc1ccc(C#CCCN)cc1F. The molecule has 0 saturated carbocycles. The Balaban J connectivity index is 2.84. The van der Waals surface area contributed by atoms with Gasteiger partial charge in [-0.3, -0.25) is 0 Å². The fourth-order valence-corrected chi connectivity index (χ4v) is 1.09. The minimum atomic E-state index is -0.379. The molecule has 1 aromatic rings. The van der Waals surface area contributed by atoms with E-state index in [4.69, 9.17) is 11.0 Å². The highest BCUT2D eigenvalue weighted by Crippen LogP contribution is 2.10. The van der Waals surface area contributed by atoms with Crippen molar-refractivity contribution < 1.29 is 4.39 Å². The van der Waals surface area contributed by atoms with Crippen LogP contribution in [0.15, 0.2) is 18.2 Å². The van der Waals surface area contributed by atoms with Crippen LogP contribution in [0.1, 0.15) is 17.5 Å². The molecule has 76 valence electrons. The molecule has 0 amide bonds. The zero-order chi connectivity index (χ0) is 11.1. The Labute approximate surface area is 88.5 Å². The van der Waals surface area contributed by atoms with Crippen LogP contribution in [0.25, 0.3) is 0 Å². The number of hydrogen-bond donors (Lipinski definition) is 1. The smallest absolute Gasteiger partial charge is 0.128 e. The Morgan fingerprint density at radius 1 is 1.40 bits per heavy atom. The van der Waals surface area contributed by atoms with Gasteiger partial charge in [-0.05, 0) is 12.1 Å². The van der Waals surface area contributed by atoms with Gasteiger partial charge in [0.1, 0.15) is 5.82 Å². The fraction of sp³-hybridized carbons (Fsp3) is 0.250. The lowest BCUT2D eigenvalue weighted by Gasteiger charge is -1.97. The summed E-state index contributed by atoms with van der Waals surface area (Å²) in [6, 6.07) is 6.54. The zero-order valence-electron chi connectivity index (χ0n) is 8.26. The van der Waals surface area contributed by atoms with E-state index in [9.17, 15) is 4.39 Å². The second-order valence-corrected chi connectivity index (χ2v) is 2.98. The van der Waals surface area contributed by atoms with E-state index in [1.807, 2.05) is 6.07 Å². The molecule has 1 rings (SSSR count). The lowest BCUT2D eigenvalue weighted by molar-refractivity contribution is 0.615. The monoisotopic (exact) mass is 202 g/mol. The van der Waals surface area contributed by atoms with Crippen molar-refractivity contribution in [3.63, 3.8) is 0 Å². The number of halogens is 1. The molecular formula is C12H11FN2. The Kier molecular flexibility index (Phi) is 4.34. The van der Waals surface area contributed by atoms with Crippen molar-refractivity contribution in [3.8, 4) is 17.9 Å². The molecule has 0 fully saturated rings. The fourth-order valence-electron chi connectivity index (χ4n) is 1.09. The van der Waals surface area contributed by atoms with E-state index in [1.165, 1.54) is 6.07 Å². The number of rotatable bonds is 2. The molecule has 0 spiro atoms. The maximum absolute atomic E-state index is 13.3. The standard InChI is InChI=1S/C12H11FN2/c13-12-9-10(3-1-2-7-14)4-5-11(12)6-8-15/h4-5,9H,2,6-7,14H2. The van der Waals surface area contributed by atoms with Crippen molar-refractivity contribution in [1.82, 2.24) is 0 Å². The third-order valence-electron chi connectivity index (χ3n) is 1.82. The summed E-state index contributed by atoms with van der Waals surface area (Å²) in [4.78, 5) is 0. The first-order valence-electron chi connectivity index (χ1n) is 4.62. The molecule has 0 radical (unpaired) electrons. The molecule has 0 heterocycles. The maximum atomic E-state index is 13.3. The maximum Gasteiger partial charge on any atom is 0.128 e. The molecule has 0 unspecified atom stereocenters. The molecule has 0 aliphatic rings. The summed E-state index contributed by atoms with van der Waals surface area (Å²) in [5.41, 5.74) is 6.29. The van der Waals surface area contributed by atoms with Crippen molar-refractivity contribution in [2.75, 3.05) is 6.54 Å². The second kappa shape index (κ2) is 5.80. The minimum absolute atomic E-state index is 0.0857. The van der Waals surface area contributed by atoms with E-state index < -0.39 is 0 Å². The van der Waals surface area contributed by atoms with Crippen molar-refractivity contribution in [2.45, 2.75) is 12.8 Å². The van der Waals surface area contributed by atoms with Crippen LogP contribution in [0.3, 0.4) is 0 Å². The molecule has 0 atom stereocenters.